The van der Waals surface area contributed by atoms with Crippen LogP contribution in [-0.2, 0) is 6.54 Å². The predicted molar refractivity (Wildman–Crippen MR) is 110 cm³/mol. The summed E-state index contributed by atoms with van der Waals surface area (Å²) in [6, 6.07) is 10.3. The van der Waals surface area contributed by atoms with Crippen molar-refractivity contribution in [2.45, 2.75) is 45.1 Å². The van der Waals surface area contributed by atoms with Gasteiger partial charge in [-0.25, -0.2) is 9.97 Å². The molecule has 1 saturated heterocycles. The molecular formula is C22H28N4O. The third-order valence-electron chi connectivity index (χ3n) is 5.50. The highest BCUT2D eigenvalue weighted by Crippen LogP contribution is 2.31. The molecule has 1 aromatic carbocycles. The number of imidazole rings is 1. The van der Waals surface area contributed by atoms with Crippen molar-refractivity contribution < 1.29 is 4.74 Å². The van der Waals surface area contributed by atoms with Gasteiger partial charge >= 0.3 is 0 Å². The number of piperidine rings is 1. The van der Waals surface area contributed by atoms with Gasteiger partial charge in [-0.05, 0) is 37.5 Å². The second kappa shape index (κ2) is 7.99. The minimum absolute atomic E-state index is 0.459. The largest absolute Gasteiger partial charge is 0.494 e. The summed E-state index contributed by atoms with van der Waals surface area (Å²) in [5.41, 5.74) is 0.934. The molecule has 5 nitrogen and oxygen atoms in total. The topological polar surface area (TPSA) is 43.2 Å². The molecule has 3 heterocycles. The van der Waals surface area contributed by atoms with Gasteiger partial charge in [0.15, 0.2) is 0 Å². The van der Waals surface area contributed by atoms with Gasteiger partial charge in [-0.1, -0.05) is 25.5 Å². The van der Waals surface area contributed by atoms with E-state index in [1.165, 1.54) is 25.1 Å². The number of nitrogens with zero attached hydrogens (tertiary/aromatic N) is 4. The van der Waals surface area contributed by atoms with Crippen molar-refractivity contribution in [3.8, 4) is 5.75 Å². The Labute approximate surface area is 161 Å². The first-order valence-corrected chi connectivity index (χ1v) is 10.00. The Morgan fingerprint density at radius 2 is 2.15 bits per heavy atom. The Balaban J connectivity index is 1.58. The fourth-order valence-corrected chi connectivity index (χ4v) is 4.04. The number of pyridine rings is 1. The van der Waals surface area contributed by atoms with Crippen LogP contribution in [0.25, 0.3) is 10.9 Å². The number of para-hydroxylation sites is 1. The normalized spacial score (nSPS) is 17.4. The molecule has 1 atom stereocenters. The summed E-state index contributed by atoms with van der Waals surface area (Å²) in [7, 11) is 1.70. The Morgan fingerprint density at radius 1 is 1.22 bits per heavy atom. The van der Waals surface area contributed by atoms with Crippen LogP contribution in [0.3, 0.4) is 0 Å². The number of hydrogen-bond acceptors (Lipinski definition) is 4. The smallest absolute Gasteiger partial charge is 0.145 e. The standard InChI is InChI=1S/C22H28N4O/c1-3-4-13-25-15-12-23-22(25)18-8-6-14-26(16-18)20-11-10-17-7-5-9-19(27-2)21(17)24-20/h5,7,9-12,15,18H,3-4,6,8,13-14,16H2,1-2H3. The zero-order valence-corrected chi connectivity index (χ0v) is 16.3. The maximum atomic E-state index is 5.51. The molecule has 0 N–H and O–H groups in total. The van der Waals surface area contributed by atoms with Gasteiger partial charge in [-0.15, -0.1) is 0 Å². The molecule has 0 spiro atoms. The summed E-state index contributed by atoms with van der Waals surface area (Å²) >= 11 is 0. The highest BCUT2D eigenvalue weighted by Gasteiger charge is 2.25. The minimum atomic E-state index is 0.459. The number of unbranched alkanes of at least 4 members (excludes halogenated alkanes) is 1. The van der Waals surface area contributed by atoms with Crippen LogP contribution in [0, 0.1) is 0 Å². The van der Waals surface area contributed by atoms with E-state index in [4.69, 9.17) is 14.7 Å². The third-order valence-corrected chi connectivity index (χ3v) is 5.50. The number of aryl methyl sites for hydroxylation is 1. The summed E-state index contributed by atoms with van der Waals surface area (Å²) in [6.07, 6.45) is 8.84. The second-order valence-corrected chi connectivity index (χ2v) is 7.32. The summed E-state index contributed by atoms with van der Waals surface area (Å²) < 4.78 is 7.85. The van der Waals surface area contributed by atoms with Crippen molar-refractivity contribution in [2.24, 2.45) is 0 Å². The van der Waals surface area contributed by atoms with Gasteiger partial charge in [-0.2, -0.15) is 0 Å². The van der Waals surface area contributed by atoms with E-state index in [1.54, 1.807) is 7.11 Å². The van der Waals surface area contributed by atoms with Crippen molar-refractivity contribution >= 4 is 16.7 Å². The third kappa shape index (κ3) is 3.64. The van der Waals surface area contributed by atoms with E-state index in [9.17, 15) is 0 Å². The molecule has 0 radical (unpaired) electrons. The monoisotopic (exact) mass is 364 g/mol. The molecular weight excluding hydrogens is 336 g/mol. The molecule has 1 fully saturated rings. The molecule has 3 aromatic rings. The highest BCUT2D eigenvalue weighted by atomic mass is 16.5. The number of hydrogen-bond donors (Lipinski definition) is 0. The quantitative estimate of drug-likeness (QED) is 0.640. The molecule has 1 aliphatic heterocycles. The van der Waals surface area contributed by atoms with E-state index in [0.29, 0.717) is 5.92 Å². The summed E-state index contributed by atoms with van der Waals surface area (Å²) in [6.45, 7) is 5.31. The maximum Gasteiger partial charge on any atom is 0.145 e. The number of methoxy groups -OCH3 is 1. The van der Waals surface area contributed by atoms with Crippen molar-refractivity contribution in [3.05, 3.63) is 48.5 Å². The molecule has 142 valence electrons. The molecule has 4 rings (SSSR count). The average Bonchev–Trinajstić information content (AvgIpc) is 3.20. The van der Waals surface area contributed by atoms with Crippen LogP contribution >= 0.6 is 0 Å². The maximum absolute atomic E-state index is 5.51. The van der Waals surface area contributed by atoms with E-state index in [0.717, 1.165) is 48.5 Å². The SMILES string of the molecule is CCCCn1ccnc1C1CCCN(c2ccc3cccc(OC)c3n2)C1. The van der Waals surface area contributed by atoms with Crippen LogP contribution < -0.4 is 9.64 Å². The fourth-order valence-electron chi connectivity index (χ4n) is 4.04. The Bertz CT molecular complexity index is 904. The predicted octanol–water partition coefficient (Wildman–Crippen LogP) is 4.62. The van der Waals surface area contributed by atoms with Gasteiger partial charge in [0.2, 0.25) is 0 Å². The van der Waals surface area contributed by atoms with Crippen LogP contribution in [-0.4, -0.2) is 34.7 Å². The molecule has 0 saturated carbocycles. The first-order chi connectivity index (χ1) is 13.3. The van der Waals surface area contributed by atoms with Crippen molar-refractivity contribution in [1.29, 1.82) is 0 Å². The molecule has 2 aromatic heterocycles. The number of benzene rings is 1. The van der Waals surface area contributed by atoms with Crippen molar-refractivity contribution in [3.63, 3.8) is 0 Å². The van der Waals surface area contributed by atoms with E-state index in [1.807, 2.05) is 18.3 Å². The van der Waals surface area contributed by atoms with Crippen LogP contribution in [0.15, 0.2) is 42.7 Å². The number of aromatic nitrogens is 3. The van der Waals surface area contributed by atoms with Crippen LogP contribution in [0.4, 0.5) is 5.82 Å². The van der Waals surface area contributed by atoms with Gasteiger partial charge in [0.1, 0.15) is 22.9 Å². The van der Waals surface area contributed by atoms with Gasteiger partial charge in [0.05, 0.1) is 7.11 Å². The number of anilines is 1. The molecule has 0 amide bonds. The number of ether oxygens (including phenoxy) is 1. The lowest BCUT2D eigenvalue weighted by atomic mass is 9.97. The lowest BCUT2D eigenvalue weighted by Crippen LogP contribution is -2.36. The zero-order chi connectivity index (χ0) is 18.6. The molecule has 1 unspecified atom stereocenters. The number of fused-ring (bicyclic) bond motifs is 1. The molecule has 0 aliphatic carbocycles. The molecule has 0 bridgehead atoms. The Morgan fingerprint density at radius 3 is 3.00 bits per heavy atom. The van der Waals surface area contributed by atoms with E-state index >= 15 is 0 Å². The Kier molecular flexibility index (Phi) is 5.28. The summed E-state index contributed by atoms with van der Waals surface area (Å²) in [4.78, 5) is 12.0. The van der Waals surface area contributed by atoms with Crippen LogP contribution in [0.1, 0.15) is 44.3 Å². The van der Waals surface area contributed by atoms with Crippen molar-refractivity contribution in [1.82, 2.24) is 14.5 Å². The van der Waals surface area contributed by atoms with Crippen LogP contribution in [0.2, 0.25) is 0 Å². The zero-order valence-electron chi connectivity index (χ0n) is 16.3. The Hall–Kier alpha value is -2.56. The lowest BCUT2D eigenvalue weighted by molar-refractivity contribution is 0.418. The van der Waals surface area contributed by atoms with Crippen molar-refractivity contribution in [2.75, 3.05) is 25.1 Å². The minimum Gasteiger partial charge on any atom is -0.494 e. The van der Waals surface area contributed by atoms with E-state index in [2.05, 4.69) is 40.8 Å². The van der Waals surface area contributed by atoms with Gasteiger partial charge in [-0.3, -0.25) is 0 Å². The molecule has 1 aliphatic rings. The van der Waals surface area contributed by atoms with Gasteiger partial charge < -0.3 is 14.2 Å². The first kappa shape index (κ1) is 17.8. The molecule has 5 heteroatoms. The van der Waals surface area contributed by atoms with Gasteiger partial charge in [0, 0.05) is 43.3 Å². The number of rotatable bonds is 6. The fraction of sp³-hybridized carbons (Fsp3) is 0.455. The van der Waals surface area contributed by atoms with Crippen LogP contribution in [0.5, 0.6) is 5.75 Å². The van der Waals surface area contributed by atoms with E-state index < -0.39 is 0 Å². The molecule has 27 heavy (non-hydrogen) atoms. The lowest BCUT2D eigenvalue weighted by Gasteiger charge is -2.33. The first-order valence-electron chi connectivity index (χ1n) is 10.00. The van der Waals surface area contributed by atoms with Gasteiger partial charge in [0.25, 0.3) is 0 Å². The highest BCUT2D eigenvalue weighted by molar-refractivity contribution is 5.86. The summed E-state index contributed by atoms with van der Waals surface area (Å²) in [5.74, 6) is 3.55. The summed E-state index contributed by atoms with van der Waals surface area (Å²) in [5, 5.41) is 1.11. The average molecular weight is 364 g/mol. The second-order valence-electron chi connectivity index (χ2n) is 7.32. The van der Waals surface area contributed by atoms with E-state index in [-0.39, 0.29) is 0 Å².